The Morgan fingerprint density at radius 3 is 2.40 bits per heavy atom. The number of carbonyl (C=O) groups is 3. The Balaban J connectivity index is 2.31. The minimum atomic E-state index is -1.38. The smallest absolute Gasteiger partial charge is 0.268 e. The highest BCUT2D eigenvalue weighted by atomic mass is 32.2. The van der Waals surface area contributed by atoms with Gasteiger partial charge in [0.15, 0.2) is 0 Å². The van der Waals surface area contributed by atoms with E-state index in [-0.39, 0.29) is 17.7 Å². The van der Waals surface area contributed by atoms with Crippen molar-refractivity contribution in [1.82, 2.24) is 10.6 Å². The van der Waals surface area contributed by atoms with Gasteiger partial charge in [-0.15, -0.1) is 0 Å². The van der Waals surface area contributed by atoms with E-state index in [0.29, 0.717) is 17.1 Å². The summed E-state index contributed by atoms with van der Waals surface area (Å²) >= 11 is 1.46. The molecular weight excluding hydrogens is 404 g/mol. The molecule has 0 unspecified atom stereocenters. The monoisotopic (exact) mass is 427 g/mol. The van der Waals surface area contributed by atoms with E-state index in [0.717, 1.165) is 0 Å². The van der Waals surface area contributed by atoms with Crippen molar-refractivity contribution in [1.29, 1.82) is 0 Å². The number of amides is 2. The van der Waals surface area contributed by atoms with Crippen LogP contribution < -0.4 is 20.5 Å². The number of thioether (sulfide) groups is 1. The largest absolute Gasteiger partial charge is 0.548 e. The van der Waals surface area contributed by atoms with Gasteiger partial charge in [0.1, 0.15) is 11.4 Å². The molecule has 0 aromatic heterocycles. The molecule has 2 aromatic carbocycles. The standard InChI is InChI=1S/C22H24N2O5S/c1-29-19-11-7-6-10-16(19)20(25)24-18(14-15-8-4-3-5-9-15)21(26)23-17(22(27)28)12-13-30-2/h3-11,14,17H,12-13H2,1-2H3,(H,23,26)(H,24,25)(H,27,28)/p-1/b18-14+/t17-/m1/s1. The van der Waals surface area contributed by atoms with Crippen LogP contribution in [0.2, 0.25) is 0 Å². The molecule has 0 saturated heterocycles. The van der Waals surface area contributed by atoms with Crippen LogP contribution in [0.3, 0.4) is 0 Å². The van der Waals surface area contributed by atoms with Crippen LogP contribution in [0.1, 0.15) is 22.3 Å². The van der Waals surface area contributed by atoms with Crippen LogP contribution in [0.15, 0.2) is 60.3 Å². The highest BCUT2D eigenvalue weighted by molar-refractivity contribution is 7.98. The summed E-state index contributed by atoms with van der Waals surface area (Å²) in [5.74, 6) is -1.78. The van der Waals surface area contributed by atoms with Crippen LogP contribution in [-0.2, 0) is 9.59 Å². The Morgan fingerprint density at radius 2 is 1.77 bits per heavy atom. The van der Waals surface area contributed by atoms with Crippen molar-refractivity contribution in [2.75, 3.05) is 19.1 Å². The lowest BCUT2D eigenvalue weighted by Gasteiger charge is -2.20. The first kappa shape index (κ1) is 23.0. The van der Waals surface area contributed by atoms with E-state index in [9.17, 15) is 19.5 Å². The maximum Gasteiger partial charge on any atom is 0.268 e. The summed E-state index contributed by atoms with van der Waals surface area (Å²) in [4.78, 5) is 37.0. The number of rotatable bonds is 10. The summed E-state index contributed by atoms with van der Waals surface area (Å²) in [5.41, 5.74) is 0.815. The Hall–Kier alpha value is -3.26. The molecule has 2 rings (SSSR count). The topological polar surface area (TPSA) is 108 Å². The minimum absolute atomic E-state index is 0.0903. The van der Waals surface area contributed by atoms with Crippen LogP contribution >= 0.6 is 11.8 Å². The van der Waals surface area contributed by atoms with Gasteiger partial charge >= 0.3 is 0 Å². The van der Waals surface area contributed by atoms with Crippen LogP contribution in [0.4, 0.5) is 0 Å². The normalized spacial score (nSPS) is 12.0. The summed E-state index contributed by atoms with van der Waals surface area (Å²) in [5, 5.41) is 16.4. The Bertz CT molecular complexity index is 915. The van der Waals surface area contributed by atoms with E-state index in [4.69, 9.17) is 4.74 Å². The molecule has 1 atom stereocenters. The molecule has 30 heavy (non-hydrogen) atoms. The lowest BCUT2D eigenvalue weighted by Crippen LogP contribution is -2.50. The van der Waals surface area contributed by atoms with Gasteiger partial charge in [0, 0.05) is 0 Å². The van der Waals surface area contributed by atoms with Gasteiger partial charge in [0.2, 0.25) is 0 Å². The highest BCUT2D eigenvalue weighted by Crippen LogP contribution is 2.18. The number of hydrogen-bond donors (Lipinski definition) is 2. The average Bonchev–Trinajstić information content (AvgIpc) is 2.76. The van der Waals surface area contributed by atoms with Crippen molar-refractivity contribution < 1.29 is 24.2 Å². The van der Waals surface area contributed by atoms with Crippen LogP contribution in [-0.4, -0.2) is 42.9 Å². The molecule has 8 heteroatoms. The molecule has 0 aliphatic rings. The molecule has 0 radical (unpaired) electrons. The van der Waals surface area contributed by atoms with Crippen LogP contribution in [0.25, 0.3) is 6.08 Å². The van der Waals surface area contributed by atoms with Gasteiger partial charge in [-0.1, -0.05) is 42.5 Å². The molecule has 0 aliphatic heterocycles. The fourth-order valence-corrected chi connectivity index (χ4v) is 3.09. The Kier molecular flexibility index (Phi) is 8.96. The lowest BCUT2D eigenvalue weighted by atomic mass is 10.1. The third-order valence-corrected chi connectivity index (χ3v) is 4.80. The fourth-order valence-electron chi connectivity index (χ4n) is 2.62. The van der Waals surface area contributed by atoms with Gasteiger partial charge in [0.05, 0.1) is 24.7 Å². The summed E-state index contributed by atoms with van der Waals surface area (Å²) in [7, 11) is 1.44. The predicted octanol–water partition coefficient (Wildman–Crippen LogP) is 1.45. The maximum atomic E-state index is 12.8. The second-order valence-electron chi connectivity index (χ2n) is 6.25. The number of methoxy groups -OCH3 is 1. The molecule has 158 valence electrons. The maximum absolute atomic E-state index is 12.8. The molecular formula is C22H23N2O5S-. The first-order chi connectivity index (χ1) is 14.5. The molecule has 0 aliphatic carbocycles. The van der Waals surface area contributed by atoms with Gasteiger partial charge in [-0.05, 0) is 42.2 Å². The third kappa shape index (κ3) is 6.66. The van der Waals surface area contributed by atoms with Crippen molar-refractivity contribution in [2.45, 2.75) is 12.5 Å². The third-order valence-electron chi connectivity index (χ3n) is 4.16. The van der Waals surface area contributed by atoms with Crippen LogP contribution in [0.5, 0.6) is 5.75 Å². The molecule has 0 bridgehead atoms. The van der Waals surface area contributed by atoms with Gasteiger partial charge < -0.3 is 25.3 Å². The van der Waals surface area contributed by atoms with Crippen LogP contribution in [0, 0.1) is 0 Å². The second-order valence-corrected chi connectivity index (χ2v) is 7.24. The zero-order chi connectivity index (χ0) is 21.9. The molecule has 2 N–H and O–H groups in total. The van der Waals surface area contributed by atoms with E-state index in [1.807, 2.05) is 12.3 Å². The van der Waals surface area contributed by atoms with Gasteiger partial charge in [-0.2, -0.15) is 11.8 Å². The number of carboxylic acids is 1. The van der Waals surface area contributed by atoms with Crippen molar-refractivity contribution in [3.05, 3.63) is 71.4 Å². The second kappa shape index (κ2) is 11.7. The minimum Gasteiger partial charge on any atom is -0.548 e. The van der Waals surface area contributed by atoms with Gasteiger partial charge in [-0.25, -0.2) is 0 Å². The van der Waals surface area contributed by atoms with Crippen molar-refractivity contribution in [3.8, 4) is 5.75 Å². The molecule has 0 spiro atoms. The number of hydrogen-bond acceptors (Lipinski definition) is 6. The van der Waals surface area contributed by atoms with E-state index in [1.165, 1.54) is 24.9 Å². The molecule has 2 amide bonds. The molecule has 0 heterocycles. The summed E-state index contributed by atoms with van der Waals surface area (Å²) in [6.45, 7) is 0. The van der Waals surface area contributed by atoms with Gasteiger partial charge in [-0.3, -0.25) is 9.59 Å². The number of aliphatic carboxylic acids is 1. The SMILES string of the molecule is COc1ccccc1C(=O)N/C(=C/c1ccccc1)C(=O)N[C@H](CCSC)C(=O)[O-]. The first-order valence-electron chi connectivity index (χ1n) is 9.18. The molecule has 2 aromatic rings. The number of carboxylic acid groups (broad SMARTS) is 1. The lowest BCUT2D eigenvalue weighted by molar-refractivity contribution is -0.308. The number of ether oxygens (including phenoxy) is 1. The Labute approximate surface area is 179 Å². The number of para-hydroxylation sites is 1. The molecule has 7 nitrogen and oxygen atoms in total. The Morgan fingerprint density at radius 1 is 1.10 bits per heavy atom. The van der Waals surface area contributed by atoms with Crippen molar-refractivity contribution in [2.24, 2.45) is 0 Å². The average molecular weight is 428 g/mol. The van der Waals surface area contributed by atoms with Gasteiger partial charge in [0.25, 0.3) is 11.8 Å². The first-order valence-corrected chi connectivity index (χ1v) is 10.6. The zero-order valence-electron chi connectivity index (χ0n) is 16.7. The summed E-state index contributed by atoms with van der Waals surface area (Å²) in [6, 6.07) is 14.3. The quantitative estimate of drug-likeness (QED) is 0.556. The number of carbonyl (C=O) groups excluding carboxylic acids is 3. The van der Waals surface area contributed by atoms with E-state index in [1.54, 1.807) is 48.5 Å². The molecule has 0 fully saturated rings. The number of benzene rings is 2. The van der Waals surface area contributed by atoms with Crippen molar-refractivity contribution >= 4 is 35.6 Å². The molecule has 0 saturated carbocycles. The summed E-state index contributed by atoms with van der Waals surface area (Å²) < 4.78 is 5.20. The van der Waals surface area contributed by atoms with Crippen molar-refractivity contribution in [3.63, 3.8) is 0 Å². The fraction of sp³-hybridized carbons (Fsp3) is 0.227. The number of nitrogens with one attached hydrogen (secondary N) is 2. The zero-order valence-corrected chi connectivity index (χ0v) is 17.5. The predicted molar refractivity (Wildman–Crippen MR) is 115 cm³/mol. The van der Waals surface area contributed by atoms with E-state index < -0.39 is 23.8 Å². The van der Waals surface area contributed by atoms with E-state index in [2.05, 4.69) is 10.6 Å². The summed E-state index contributed by atoms with van der Waals surface area (Å²) in [6.07, 6.45) is 3.51. The van der Waals surface area contributed by atoms with E-state index >= 15 is 0 Å². The highest BCUT2D eigenvalue weighted by Gasteiger charge is 2.20.